The zero-order valence-corrected chi connectivity index (χ0v) is 9.91. The summed E-state index contributed by atoms with van der Waals surface area (Å²) in [7, 11) is 0. The second-order valence-electron chi connectivity index (χ2n) is 3.47. The van der Waals surface area contributed by atoms with Crippen molar-refractivity contribution in [1.29, 1.82) is 0 Å². The van der Waals surface area contributed by atoms with Gasteiger partial charge in [-0.05, 0) is 31.2 Å². The third kappa shape index (κ3) is 2.65. The molecule has 4 heteroatoms. The molecule has 0 amide bonds. The average molecular weight is 234 g/mol. The van der Waals surface area contributed by atoms with Gasteiger partial charge in [0.15, 0.2) is 0 Å². The minimum atomic E-state index is 0.163. The Hall–Kier alpha value is -1.26. The van der Waals surface area contributed by atoms with Crippen LogP contribution in [0.25, 0.3) is 0 Å². The number of hydrogen-bond donors (Lipinski definition) is 1. The number of aryl methyl sites for hydroxylation is 1. The number of furan rings is 1. The number of hydrogen-bond acceptors (Lipinski definition) is 4. The predicted octanol–water partition coefficient (Wildman–Crippen LogP) is 2.78. The van der Waals surface area contributed by atoms with Crippen LogP contribution in [0.5, 0.6) is 0 Å². The molecule has 0 aromatic carbocycles. The SMILES string of the molecule is Cc1ccc(C(CN)Sc2ccncc2)o1. The lowest BCUT2D eigenvalue weighted by molar-refractivity contribution is 0.481. The van der Waals surface area contributed by atoms with Gasteiger partial charge >= 0.3 is 0 Å². The smallest absolute Gasteiger partial charge is 0.118 e. The minimum Gasteiger partial charge on any atom is -0.465 e. The van der Waals surface area contributed by atoms with Crippen molar-refractivity contribution in [3.8, 4) is 0 Å². The molecule has 2 heterocycles. The van der Waals surface area contributed by atoms with Gasteiger partial charge in [0.25, 0.3) is 0 Å². The van der Waals surface area contributed by atoms with Gasteiger partial charge in [0.2, 0.25) is 0 Å². The van der Waals surface area contributed by atoms with Crippen molar-refractivity contribution < 1.29 is 4.42 Å². The second-order valence-corrected chi connectivity index (χ2v) is 4.75. The van der Waals surface area contributed by atoms with E-state index in [1.807, 2.05) is 31.2 Å². The standard InChI is InChI=1S/C12H14N2OS/c1-9-2-3-11(15-9)12(8-13)16-10-4-6-14-7-5-10/h2-7,12H,8,13H2,1H3. The zero-order chi connectivity index (χ0) is 11.4. The van der Waals surface area contributed by atoms with E-state index in [-0.39, 0.29) is 5.25 Å². The first kappa shape index (κ1) is 11.2. The molecule has 0 saturated carbocycles. The molecular weight excluding hydrogens is 220 g/mol. The predicted molar refractivity (Wildman–Crippen MR) is 65.3 cm³/mol. The van der Waals surface area contributed by atoms with Gasteiger partial charge in [0.05, 0.1) is 5.25 Å². The molecule has 0 fully saturated rings. The Morgan fingerprint density at radius 1 is 1.31 bits per heavy atom. The molecule has 0 bridgehead atoms. The second kappa shape index (κ2) is 5.18. The van der Waals surface area contributed by atoms with Crippen LogP contribution < -0.4 is 5.73 Å². The maximum atomic E-state index is 5.77. The first-order valence-electron chi connectivity index (χ1n) is 5.12. The van der Waals surface area contributed by atoms with E-state index < -0.39 is 0 Å². The minimum absolute atomic E-state index is 0.163. The number of pyridine rings is 1. The highest BCUT2D eigenvalue weighted by Crippen LogP contribution is 2.34. The summed E-state index contributed by atoms with van der Waals surface area (Å²) in [4.78, 5) is 5.14. The summed E-state index contributed by atoms with van der Waals surface area (Å²) >= 11 is 1.70. The molecule has 0 aliphatic rings. The van der Waals surface area contributed by atoms with Crippen LogP contribution in [0.3, 0.4) is 0 Å². The molecule has 0 aliphatic heterocycles. The number of aromatic nitrogens is 1. The van der Waals surface area contributed by atoms with E-state index in [2.05, 4.69) is 4.98 Å². The molecule has 84 valence electrons. The fourth-order valence-electron chi connectivity index (χ4n) is 1.43. The molecule has 0 spiro atoms. The first-order valence-corrected chi connectivity index (χ1v) is 6.00. The summed E-state index contributed by atoms with van der Waals surface area (Å²) in [6.45, 7) is 2.49. The molecule has 0 radical (unpaired) electrons. The number of nitrogens with zero attached hydrogens (tertiary/aromatic N) is 1. The molecule has 1 atom stereocenters. The lowest BCUT2D eigenvalue weighted by atomic mass is 10.3. The van der Waals surface area contributed by atoms with Gasteiger partial charge in [-0.1, -0.05) is 0 Å². The Labute approximate surface area is 99.1 Å². The zero-order valence-electron chi connectivity index (χ0n) is 9.09. The van der Waals surface area contributed by atoms with Gasteiger partial charge in [-0.2, -0.15) is 0 Å². The number of nitrogens with two attached hydrogens (primary N) is 1. The number of rotatable bonds is 4. The van der Waals surface area contributed by atoms with E-state index in [0.717, 1.165) is 16.4 Å². The van der Waals surface area contributed by atoms with Gasteiger partial charge in [0.1, 0.15) is 11.5 Å². The largest absolute Gasteiger partial charge is 0.465 e. The first-order chi connectivity index (χ1) is 7.79. The highest BCUT2D eigenvalue weighted by atomic mass is 32.2. The Morgan fingerprint density at radius 3 is 2.62 bits per heavy atom. The van der Waals surface area contributed by atoms with Crippen LogP contribution >= 0.6 is 11.8 Å². The van der Waals surface area contributed by atoms with Crippen LogP contribution in [0.2, 0.25) is 0 Å². The molecule has 0 aliphatic carbocycles. The highest BCUT2D eigenvalue weighted by molar-refractivity contribution is 7.99. The van der Waals surface area contributed by atoms with E-state index in [0.29, 0.717) is 6.54 Å². The van der Waals surface area contributed by atoms with Crippen LogP contribution in [0.4, 0.5) is 0 Å². The van der Waals surface area contributed by atoms with E-state index in [4.69, 9.17) is 10.2 Å². The third-order valence-corrected chi connectivity index (χ3v) is 3.47. The normalized spacial score (nSPS) is 12.6. The van der Waals surface area contributed by atoms with Crippen LogP contribution in [-0.2, 0) is 0 Å². The van der Waals surface area contributed by atoms with Crippen molar-refractivity contribution >= 4 is 11.8 Å². The lowest BCUT2D eigenvalue weighted by Crippen LogP contribution is -2.08. The highest BCUT2D eigenvalue weighted by Gasteiger charge is 2.14. The maximum Gasteiger partial charge on any atom is 0.118 e. The van der Waals surface area contributed by atoms with Crippen molar-refractivity contribution in [2.75, 3.05) is 6.54 Å². The summed E-state index contributed by atoms with van der Waals surface area (Å²) in [6, 6.07) is 7.90. The molecule has 3 nitrogen and oxygen atoms in total. The van der Waals surface area contributed by atoms with Crippen molar-refractivity contribution in [2.24, 2.45) is 5.73 Å². The van der Waals surface area contributed by atoms with Crippen molar-refractivity contribution in [2.45, 2.75) is 17.1 Å². The van der Waals surface area contributed by atoms with Crippen molar-refractivity contribution in [3.05, 3.63) is 48.2 Å². The van der Waals surface area contributed by atoms with E-state index in [1.165, 1.54) is 0 Å². The Kier molecular flexibility index (Phi) is 3.64. The van der Waals surface area contributed by atoms with Gasteiger partial charge in [0, 0.05) is 23.8 Å². The molecule has 2 rings (SSSR count). The van der Waals surface area contributed by atoms with Crippen molar-refractivity contribution in [3.63, 3.8) is 0 Å². The number of thioether (sulfide) groups is 1. The quantitative estimate of drug-likeness (QED) is 0.826. The van der Waals surface area contributed by atoms with Gasteiger partial charge < -0.3 is 10.2 Å². The van der Waals surface area contributed by atoms with Gasteiger partial charge in [-0.15, -0.1) is 11.8 Å². The average Bonchev–Trinajstić information content (AvgIpc) is 2.74. The van der Waals surface area contributed by atoms with Crippen LogP contribution in [0.15, 0.2) is 46.0 Å². The van der Waals surface area contributed by atoms with E-state index >= 15 is 0 Å². The summed E-state index contributed by atoms with van der Waals surface area (Å²) in [6.07, 6.45) is 3.56. The van der Waals surface area contributed by atoms with Crippen molar-refractivity contribution in [1.82, 2.24) is 4.98 Å². The lowest BCUT2D eigenvalue weighted by Gasteiger charge is -2.11. The Morgan fingerprint density at radius 2 is 2.06 bits per heavy atom. The summed E-state index contributed by atoms with van der Waals surface area (Å²) < 4.78 is 5.59. The van der Waals surface area contributed by atoms with Crippen LogP contribution in [0, 0.1) is 6.92 Å². The topological polar surface area (TPSA) is 52.0 Å². The third-order valence-electron chi connectivity index (χ3n) is 2.22. The fraction of sp³-hybridized carbons (Fsp3) is 0.250. The van der Waals surface area contributed by atoms with Gasteiger partial charge in [-0.25, -0.2) is 0 Å². The molecule has 2 N–H and O–H groups in total. The van der Waals surface area contributed by atoms with E-state index in [9.17, 15) is 0 Å². The van der Waals surface area contributed by atoms with Crippen LogP contribution in [0.1, 0.15) is 16.8 Å². The van der Waals surface area contributed by atoms with Gasteiger partial charge in [-0.3, -0.25) is 4.98 Å². The summed E-state index contributed by atoms with van der Waals surface area (Å²) in [5, 5.41) is 0.163. The molecule has 1 unspecified atom stereocenters. The van der Waals surface area contributed by atoms with Crippen LogP contribution in [-0.4, -0.2) is 11.5 Å². The Bertz CT molecular complexity index is 441. The van der Waals surface area contributed by atoms with E-state index in [1.54, 1.807) is 24.2 Å². The Balaban J connectivity index is 2.12. The molecule has 2 aromatic heterocycles. The summed E-state index contributed by atoms with van der Waals surface area (Å²) in [5.74, 6) is 1.85. The monoisotopic (exact) mass is 234 g/mol. The molecule has 16 heavy (non-hydrogen) atoms. The maximum absolute atomic E-state index is 5.77. The molecule has 2 aromatic rings. The molecular formula is C12H14N2OS. The fourth-order valence-corrected chi connectivity index (χ4v) is 2.38. The molecule has 0 saturated heterocycles. The summed E-state index contributed by atoms with van der Waals surface area (Å²) in [5.41, 5.74) is 5.77.